The number of hydrogen-bond acceptors (Lipinski definition) is 2. The molecule has 0 amide bonds. The molecule has 104 valence electrons. The summed E-state index contributed by atoms with van der Waals surface area (Å²) in [5.74, 6) is -4.95. The first kappa shape index (κ1) is 14.8. The van der Waals surface area contributed by atoms with E-state index in [9.17, 15) is 22.0 Å². The van der Waals surface area contributed by atoms with Crippen LogP contribution in [0.25, 0.3) is 0 Å². The Labute approximate surface area is 101 Å². The fourth-order valence-electron chi connectivity index (χ4n) is 1.54. The van der Waals surface area contributed by atoms with Gasteiger partial charge in [0.05, 0.1) is 5.69 Å². The fourth-order valence-corrected chi connectivity index (χ4v) is 1.54. The molecule has 0 bridgehead atoms. The maximum absolute atomic E-state index is 13.4. The number of rotatable bonds is 2. The van der Waals surface area contributed by atoms with Crippen molar-refractivity contribution in [3.8, 4) is 0 Å². The second-order valence-electron chi connectivity index (χ2n) is 5.32. The van der Waals surface area contributed by atoms with E-state index in [2.05, 4.69) is 10.3 Å². The lowest BCUT2D eigenvalue weighted by atomic mass is 9.89. The molecule has 1 heterocycles. The van der Waals surface area contributed by atoms with Crippen LogP contribution < -0.4 is 0 Å². The maximum Gasteiger partial charge on any atom is 0.459 e. The lowest BCUT2D eigenvalue weighted by Gasteiger charge is -2.22. The van der Waals surface area contributed by atoms with E-state index in [1.54, 1.807) is 20.8 Å². The van der Waals surface area contributed by atoms with E-state index >= 15 is 0 Å². The Balaban J connectivity index is 3.29. The molecular weight excluding hydrogens is 257 g/mol. The fraction of sp³-hybridized carbons (Fsp3) is 0.800. The average molecular weight is 271 g/mol. The van der Waals surface area contributed by atoms with Gasteiger partial charge in [0.2, 0.25) is 0 Å². The van der Waals surface area contributed by atoms with E-state index in [0.29, 0.717) is 4.68 Å². The Hall–Kier alpha value is -1.21. The van der Waals surface area contributed by atoms with Gasteiger partial charge in [-0.05, 0) is 11.8 Å². The van der Waals surface area contributed by atoms with Crippen LogP contribution >= 0.6 is 0 Å². The van der Waals surface area contributed by atoms with Crippen LogP contribution in [0.15, 0.2) is 0 Å². The van der Waals surface area contributed by atoms with Crippen LogP contribution in [0, 0.1) is 5.41 Å². The molecule has 0 aliphatic rings. The van der Waals surface area contributed by atoms with Gasteiger partial charge in [0.25, 0.3) is 0 Å². The third-order valence-corrected chi connectivity index (χ3v) is 2.25. The minimum Gasteiger partial charge on any atom is -0.246 e. The number of halogens is 5. The normalized spacial score (nSPS) is 14.1. The summed E-state index contributed by atoms with van der Waals surface area (Å²) in [6.07, 6.45) is -5.67. The highest BCUT2D eigenvalue weighted by Crippen LogP contribution is 2.45. The molecule has 0 unspecified atom stereocenters. The predicted octanol–water partition coefficient (Wildman–Crippen LogP) is 3.06. The molecule has 18 heavy (non-hydrogen) atoms. The Morgan fingerprint density at radius 3 is 1.94 bits per heavy atom. The van der Waals surface area contributed by atoms with Crippen molar-refractivity contribution in [2.75, 3.05) is 0 Å². The van der Waals surface area contributed by atoms with Crippen LogP contribution in [0.2, 0.25) is 0 Å². The highest BCUT2D eigenvalue weighted by atomic mass is 19.4. The van der Waals surface area contributed by atoms with Gasteiger partial charge in [-0.25, -0.2) is 4.68 Å². The van der Waals surface area contributed by atoms with Crippen LogP contribution in [0.3, 0.4) is 0 Å². The molecule has 0 radical (unpaired) electrons. The van der Waals surface area contributed by atoms with Gasteiger partial charge in [0, 0.05) is 7.05 Å². The second-order valence-corrected chi connectivity index (χ2v) is 5.32. The van der Waals surface area contributed by atoms with Crippen molar-refractivity contribution < 1.29 is 22.0 Å². The topological polar surface area (TPSA) is 30.7 Å². The standard InChI is InChI=1S/C10H14F5N3/c1-8(2,3)5-6-7(18(4)17-16-6)9(11,12)10(13,14)15/h5H2,1-4H3. The minimum atomic E-state index is -5.66. The van der Waals surface area contributed by atoms with Crippen molar-refractivity contribution in [2.45, 2.75) is 39.3 Å². The van der Waals surface area contributed by atoms with Crippen LogP contribution in [0.5, 0.6) is 0 Å². The molecule has 0 aromatic carbocycles. The van der Waals surface area contributed by atoms with Gasteiger partial charge in [-0.2, -0.15) is 22.0 Å². The lowest BCUT2D eigenvalue weighted by Crippen LogP contribution is -2.36. The van der Waals surface area contributed by atoms with Crippen molar-refractivity contribution >= 4 is 0 Å². The van der Waals surface area contributed by atoms with Gasteiger partial charge < -0.3 is 0 Å². The molecule has 1 aromatic heterocycles. The van der Waals surface area contributed by atoms with Gasteiger partial charge in [-0.3, -0.25) is 0 Å². The maximum atomic E-state index is 13.4. The van der Waals surface area contributed by atoms with E-state index in [1.165, 1.54) is 0 Å². The second kappa shape index (κ2) is 4.17. The summed E-state index contributed by atoms with van der Waals surface area (Å²) in [7, 11) is 1.02. The third-order valence-electron chi connectivity index (χ3n) is 2.25. The number of hydrogen-bond donors (Lipinski definition) is 0. The van der Waals surface area contributed by atoms with E-state index in [1.807, 2.05) is 0 Å². The third kappa shape index (κ3) is 2.78. The van der Waals surface area contributed by atoms with Crippen LogP contribution in [0.4, 0.5) is 22.0 Å². The summed E-state index contributed by atoms with van der Waals surface area (Å²) >= 11 is 0. The molecule has 0 aliphatic heterocycles. The smallest absolute Gasteiger partial charge is 0.246 e. The zero-order chi connectivity index (χ0) is 14.4. The van der Waals surface area contributed by atoms with E-state index < -0.39 is 23.2 Å². The molecule has 1 rings (SSSR count). The summed E-state index contributed by atoms with van der Waals surface area (Å²) in [5.41, 5.74) is -1.98. The molecule has 0 fully saturated rings. The van der Waals surface area contributed by atoms with Crippen LogP contribution in [0.1, 0.15) is 32.2 Å². The number of aromatic nitrogens is 3. The van der Waals surface area contributed by atoms with Crippen LogP contribution in [-0.4, -0.2) is 21.2 Å². The van der Waals surface area contributed by atoms with Gasteiger partial charge in [-0.15, -0.1) is 5.10 Å². The summed E-state index contributed by atoms with van der Waals surface area (Å²) in [6, 6.07) is 0. The zero-order valence-electron chi connectivity index (χ0n) is 10.4. The zero-order valence-corrected chi connectivity index (χ0v) is 10.4. The van der Waals surface area contributed by atoms with Gasteiger partial charge in [0.1, 0.15) is 5.69 Å². The molecule has 8 heteroatoms. The number of alkyl halides is 5. The Morgan fingerprint density at radius 1 is 1.06 bits per heavy atom. The van der Waals surface area contributed by atoms with Gasteiger partial charge in [-0.1, -0.05) is 26.0 Å². The molecule has 1 aromatic rings. The molecule has 0 N–H and O–H groups in total. The first-order chi connectivity index (χ1) is 7.86. The quantitative estimate of drug-likeness (QED) is 0.774. The number of nitrogens with zero attached hydrogens (tertiary/aromatic N) is 3. The average Bonchev–Trinajstić information content (AvgIpc) is 2.42. The molecular formula is C10H14F5N3. The van der Waals surface area contributed by atoms with Crippen molar-refractivity contribution in [3.63, 3.8) is 0 Å². The van der Waals surface area contributed by atoms with E-state index in [0.717, 1.165) is 7.05 Å². The number of aryl methyl sites for hydroxylation is 1. The summed E-state index contributed by atoms with van der Waals surface area (Å²) in [4.78, 5) is 0. The summed E-state index contributed by atoms with van der Waals surface area (Å²) in [6.45, 7) is 5.16. The van der Waals surface area contributed by atoms with Gasteiger partial charge >= 0.3 is 12.1 Å². The summed E-state index contributed by atoms with van der Waals surface area (Å²) < 4.78 is 64.3. The molecule has 3 nitrogen and oxygen atoms in total. The Morgan fingerprint density at radius 2 is 1.56 bits per heavy atom. The minimum absolute atomic E-state index is 0.0121. The molecule has 0 aliphatic carbocycles. The molecule has 0 atom stereocenters. The van der Waals surface area contributed by atoms with E-state index in [4.69, 9.17) is 0 Å². The van der Waals surface area contributed by atoms with Crippen molar-refractivity contribution in [3.05, 3.63) is 11.4 Å². The first-order valence-electron chi connectivity index (χ1n) is 5.20. The monoisotopic (exact) mass is 271 g/mol. The van der Waals surface area contributed by atoms with Crippen molar-refractivity contribution in [1.29, 1.82) is 0 Å². The highest BCUT2D eigenvalue weighted by molar-refractivity contribution is 5.19. The Bertz CT molecular complexity index is 428. The Kier molecular flexibility index (Phi) is 3.44. The molecule has 0 spiro atoms. The first-order valence-corrected chi connectivity index (χ1v) is 5.20. The highest BCUT2D eigenvalue weighted by Gasteiger charge is 2.61. The van der Waals surface area contributed by atoms with Crippen molar-refractivity contribution in [2.24, 2.45) is 12.5 Å². The van der Waals surface area contributed by atoms with Crippen molar-refractivity contribution in [1.82, 2.24) is 15.0 Å². The largest absolute Gasteiger partial charge is 0.459 e. The summed E-state index contributed by atoms with van der Waals surface area (Å²) in [5, 5.41) is 6.68. The predicted molar refractivity (Wildman–Crippen MR) is 54.1 cm³/mol. The molecule has 0 saturated heterocycles. The lowest BCUT2D eigenvalue weighted by molar-refractivity contribution is -0.292. The van der Waals surface area contributed by atoms with Crippen LogP contribution in [-0.2, 0) is 19.4 Å². The van der Waals surface area contributed by atoms with E-state index in [-0.39, 0.29) is 12.1 Å². The van der Waals surface area contributed by atoms with Gasteiger partial charge in [0.15, 0.2) is 0 Å². The molecule has 0 saturated carbocycles. The SMILES string of the molecule is Cn1nnc(CC(C)(C)C)c1C(F)(F)C(F)(F)F.